The summed E-state index contributed by atoms with van der Waals surface area (Å²) in [6.45, 7) is 2.46. The predicted molar refractivity (Wildman–Crippen MR) is 75.7 cm³/mol. The van der Waals surface area contributed by atoms with E-state index in [1.807, 2.05) is 31.2 Å². The number of rotatable bonds is 5. The van der Waals surface area contributed by atoms with E-state index < -0.39 is 5.82 Å². The summed E-state index contributed by atoms with van der Waals surface area (Å²) in [5.41, 5.74) is 2.40. The first-order chi connectivity index (χ1) is 9.60. The summed E-state index contributed by atoms with van der Waals surface area (Å²) in [5, 5.41) is 21.5. The first kappa shape index (κ1) is 14.5. The summed E-state index contributed by atoms with van der Waals surface area (Å²) >= 11 is 0. The number of nitrogens with one attached hydrogen (secondary N) is 1. The van der Waals surface area contributed by atoms with E-state index in [0.29, 0.717) is 12.1 Å². The maximum absolute atomic E-state index is 13.7. The second-order valence-corrected chi connectivity index (χ2v) is 4.79. The highest BCUT2D eigenvalue weighted by molar-refractivity contribution is 5.30. The van der Waals surface area contributed by atoms with Gasteiger partial charge in [-0.25, -0.2) is 4.39 Å². The third-order valence-electron chi connectivity index (χ3n) is 3.24. The van der Waals surface area contributed by atoms with Gasteiger partial charge < -0.3 is 15.5 Å². The van der Waals surface area contributed by atoms with E-state index in [-0.39, 0.29) is 18.4 Å². The van der Waals surface area contributed by atoms with Crippen LogP contribution in [0.1, 0.15) is 29.7 Å². The average molecular weight is 275 g/mol. The van der Waals surface area contributed by atoms with Gasteiger partial charge in [0.2, 0.25) is 0 Å². The van der Waals surface area contributed by atoms with E-state index in [1.165, 1.54) is 6.07 Å². The predicted octanol–water partition coefficient (Wildman–Crippen LogP) is 2.87. The molecule has 0 spiro atoms. The van der Waals surface area contributed by atoms with Gasteiger partial charge in [0, 0.05) is 24.2 Å². The quantitative estimate of drug-likeness (QED) is 0.786. The van der Waals surface area contributed by atoms with Gasteiger partial charge in [0.1, 0.15) is 11.6 Å². The van der Waals surface area contributed by atoms with E-state index >= 15 is 0 Å². The summed E-state index contributed by atoms with van der Waals surface area (Å²) in [6.07, 6.45) is 0. The van der Waals surface area contributed by atoms with Crippen molar-refractivity contribution in [2.75, 3.05) is 0 Å². The van der Waals surface area contributed by atoms with Crippen molar-refractivity contribution in [2.24, 2.45) is 0 Å². The largest absolute Gasteiger partial charge is 0.508 e. The van der Waals surface area contributed by atoms with E-state index in [2.05, 4.69) is 5.32 Å². The summed E-state index contributed by atoms with van der Waals surface area (Å²) in [7, 11) is 0. The van der Waals surface area contributed by atoms with Crippen LogP contribution in [0.4, 0.5) is 4.39 Å². The number of hydrogen-bond donors (Lipinski definition) is 3. The first-order valence-electron chi connectivity index (χ1n) is 6.50. The molecule has 0 aliphatic carbocycles. The molecule has 3 nitrogen and oxygen atoms in total. The van der Waals surface area contributed by atoms with Crippen molar-refractivity contribution in [3.05, 3.63) is 65.0 Å². The SMILES string of the molecule is CC(NCc1cccc(CO)c1)c1ccc(O)cc1F. The summed E-state index contributed by atoms with van der Waals surface area (Å²) in [6, 6.07) is 11.6. The molecule has 0 radical (unpaired) electrons. The van der Waals surface area contributed by atoms with Crippen LogP contribution in [0.2, 0.25) is 0 Å². The van der Waals surface area contributed by atoms with Gasteiger partial charge in [-0.15, -0.1) is 0 Å². The maximum atomic E-state index is 13.7. The van der Waals surface area contributed by atoms with Crippen LogP contribution in [0, 0.1) is 5.82 Å². The summed E-state index contributed by atoms with van der Waals surface area (Å²) in [4.78, 5) is 0. The lowest BCUT2D eigenvalue weighted by Gasteiger charge is -2.15. The molecule has 2 aromatic rings. The number of halogens is 1. The van der Waals surface area contributed by atoms with Gasteiger partial charge in [0.05, 0.1) is 6.61 Å². The van der Waals surface area contributed by atoms with Crippen LogP contribution >= 0.6 is 0 Å². The van der Waals surface area contributed by atoms with Crippen molar-refractivity contribution < 1.29 is 14.6 Å². The molecule has 2 aromatic carbocycles. The molecular weight excluding hydrogens is 257 g/mol. The van der Waals surface area contributed by atoms with E-state index in [9.17, 15) is 9.50 Å². The number of benzene rings is 2. The number of aliphatic hydroxyl groups excluding tert-OH is 1. The van der Waals surface area contributed by atoms with Crippen LogP contribution < -0.4 is 5.32 Å². The minimum absolute atomic E-state index is 0.00990. The molecule has 0 aromatic heterocycles. The topological polar surface area (TPSA) is 52.5 Å². The second kappa shape index (κ2) is 6.50. The van der Waals surface area contributed by atoms with Crippen LogP contribution in [-0.2, 0) is 13.2 Å². The molecule has 0 aliphatic heterocycles. The van der Waals surface area contributed by atoms with Crippen LogP contribution in [-0.4, -0.2) is 10.2 Å². The van der Waals surface area contributed by atoms with Crippen molar-refractivity contribution >= 4 is 0 Å². The Bertz CT molecular complexity index is 586. The highest BCUT2D eigenvalue weighted by Gasteiger charge is 2.11. The molecule has 0 saturated heterocycles. The first-order valence-corrected chi connectivity index (χ1v) is 6.50. The lowest BCUT2D eigenvalue weighted by molar-refractivity contribution is 0.281. The molecule has 0 saturated carbocycles. The Labute approximate surface area is 117 Å². The summed E-state index contributed by atoms with van der Waals surface area (Å²) in [5.74, 6) is -0.497. The van der Waals surface area contributed by atoms with E-state index in [0.717, 1.165) is 17.2 Å². The molecule has 4 heteroatoms. The molecule has 0 amide bonds. The van der Waals surface area contributed by atoms with Gasteiger partial charge in [0.15, 0.2) is 0 Å². The van der Waals surface area contributed by atoms with Crippen LogP contribution in [0.5, 0.6) is 5.75 Å². The Kier molecular flexibility index (Phi) is 4.71. The Hall–Kier alpha value is -1.91. The van der Waals surface area contributed by atoms with Crippen molar-refractivity contribution in [1.82, 2.24) is 5.32 Å². The molecule has 0 heterocycles. The number of aromatic hydroxyl groups is 1. The molecule has 0 bridgehead atoms. The Morgan fingerprint density at radius 1 is 1.15 bits per heavy atom. The lowest BCUT2D eigenvalue weighted by Crippen LogP contribution is -2.19. The molecular formula is C16H18FNO2. The van der Waals surface area contributed by atoms with Crippen molar-refractivity contribution in [3.8, 4) is 5.75 Å². The monoisotopic (exact) mass is 275 g/mol. The average Bonchev–Trinajstić information content (AvgIpc) is 2.45. The van der Waals surface area contributed by atoms with Gasteiger partial charge in [-0.1, -0.05) is 30.3 Å². The molecule has 1 atom stereocenters. The fourth-order valence-electron chi connectivity index (χ4n) is 2.09. The molecule has 0 aliphatic rings. The minimum atomic E-state index is -0.422. The zero-order valence-electron chi connectivity index (χ0n) is 11.3. The smallest absolute Gasteiger partial charge is 0.131 e. The second-order valence-electron chi connectivity index (χ2n) is 4.79. The number of phenolic OH excluding ortho intramolecular Hbond substituents is 1. The zero-order chi connectivity index (χ0) is 14.5. The van der Waals surface area contributed by atoms with Crippen LogP contribution in [0.15, 0.2) is 42.5 Å². The van der Waals surface area contributed by atoms with Gasteiger partial charge in [-0.3, -0.25) is 0 Å². The van der Waals surface area contributed by atoms with Gasteiger partial charge in [-0.05, 0) is 24.1 Å². The van der Waals surface area contributed by atoms with Crippen LogP contribution in [0.3, 0.4) is 0 Å². The van der Waals surface area contributed by atoms with Gasteiger partial charge in [0.25, 0.3) is 0 Å². The third kappa shape index (κ3) is 3.56. The standard InChI is InChI=1S/C16H18FNO2/c1-11(15-6-5-14(20)8-16(15)17)18-9-12-3-2-4-13(7-12)10-19/h2-8,11,18-20H,9-10H2,1H3. The normalized spacial score (nSPS) is 12.3. The van der Waals surface area contributed by atoms with Crippen molar-refractivity contribution in [1.29, 1.82) is 0 Å². The molecule has 20 heavy (non-hydrogen) atoms. The Morgan fingerprint density at radius 2 is 1.90 bits per heavy atom. The number of hydrogen-bond acceptors (Lipinski definition) is 3. The van der Waals surface area contributed by atoms with Gasteiger partial charge in [-0.2, -0.15) is 0 Å². The zero-order valence-corrected chi connectivity index (χ0v) is 11.3. The number of aliphatic hydroxyl groups is 1. The van der Waals surface area contributed by atoms with Gasteiger partial charge >= 0.3 is 0 Å². The van der Waals surface area contributed by atoms with E-state index in [4.69, 9.17) is 5.11 Å². The third-order valence-corrected chi connectivity index (χ3v) is 3.24. The van der Waals surface area contributed by atoms with Crippen LogP contribution in [0.25, 0.3) is 0 Å². The molecule has 3 N–H and O–H groups in total. The Balaban J connectivity index is 2.02. The van der Waals surface area contributed by atoms with Crippen molar-refractivity contribution in [2.45, 2.75) is 26.1 Å². The molecule has 1 unspecified atom stereocenters. The fraction of sp³-hybridized carbons (Fsp3) is 0.250. The van der Waals surface area contributed by atoms with E-state index in [1.54, 1.807) is 6.07 Å². The number of phenols is 1. The highest BCUT2D eigenvalue weighted by atomic mass is 19.1. The van der Waals surface area contributed by atoms with Crippen molar-refractivity contribution in [3.63, 3.8) is 0 Å². The molecule has 0 fully saturated rings. The Morgan fingerprint density at radius 3 is 2.60 bits per heavy atom. The highest BCUT2D eigenvalue weighted by Crippen LogP contribution is 2.21. The molecule has 2 rings (SSSR count). The summed E-state index contributed by atoms with van der Waals surface area (Å²) < 4.78 is 13.7. The minimum Gasteiger partial charge on any atom is -0.508 e. The maximum Gasteiger partial charge on any atom is 0.131 e. The molecule has 106 valence electrons. The lowest BCUT2D eigenvalue weighted by atomic mass is 10.1. The fourth-order valence-corrected chi connectivity index (χ4v) is 2.09.